The van der Waals surface area contributed by atoms with E-state index in [1.54, 1.807) is 48.5 Å². The maximum absolute atomic E-state index is 12.0. The Kier molecular flexibility index (Phi) is 5.81. The van der Waals surface area contributed by atoms with Crippen LogP contribution in [-0.2, 0) is 9.59 Å². The maximum atomic E-state index is 12.0. The summed E-state index contributed by atoms with van der Waals surface area (Å²) in [5, 5.41) is 25.1. The van der Waals surface area contributed by atoms with E-state index in [1.165, 1.54) is 0 Å². The lowest BCUT2D eigenvalue weighted by Gasteiger charge is -2.53. The van der Waals surface area contributed by atoms with Crippen molar-refractivity contribution in [3.8, 4) is 11.5 Å². The molecule has 2 amide bonds. The normalized spacial score (nSPS) is 23.5. The van der Waals surface area contributed by atoms with Gasteiger partial charge in [0.25, 0.3) is 0 Å². The molecule has 2 aromatic rings. The van der Waals surface area contributed by atoms with Gasteiger partial charge in [-0.2, -0.15) is 0 Å². The average Bonchev–Trinajstić information content (AvgIpc) is 2.69. The van der Waals surface area contributed by atoms with Crippen molar-refractivity contribution in [3.05, 3.63) is 59.7 Å². The van der Waals surface area contributed by atoms with Gasteiger partial charge in [-0.05, 0) is 35.4 Å². The van der Waals surface area contributed by atoms with Crippen LogP contribution >= 0.6 is 0 Å². The molecular formula is C20H24N4O4. The molecule has 1 aliphatic rings. The van der Waals surface area contributed by atoms with Crippen molar-refractivity contribution in [3.63, 3.8) is 0 Å². The number of amides is 2. The Hall–Kier alpha value is -3.10. The second-order valence-corrected chi connectivity index (χ2v) is 6.83. The average molecular weight is 384 g/mol. The summed E-state index contributed by atoms with van der Waals surface area (Å²) in [4.78, 5) is 24.1. The molecule has 0 heterocycles. The third-order valence-corrected chi connectivity index (χ3v) is 5.13. The van der Waals surface area contributed by atoms with Crippen molar-refractivity contribution < 1.29 is 19.8 Å². The van der Waals surface area contributed by atoms with E-state index in [4.69, 9.17) is 11.5 Å². The Labute approximate surface area is 162 Å². The Morgan fingerprint density at radius 3 is 1.32 bits per heavy atom. The Morgan fingerprint density at radius 2 is 1.04 bits per heavy atom. The predicted octanol–water partition coefficient (Wildman–Crippen LogP) is -0.134. The fraction of sp³-hybridized carbons (Fsp3) is 0.300. The molecule has 148 valence electrons. The Morgan fingerprint density at radius 1 is 0.714 bits per heavy atom. The third-order valence-electron chi connectivity index (χ3n) is 5.13. The highest BCUT2D eigenvalue weighted by molar-refractivity contribution is 5.80. The van der Waals surface area contributed by atoms with E-state index >= 15 is 0 Å². The van der Waals surface area contributed by atoms with Gasteiger partial charge in [-0.25, -0.2) is 0 Å². The molecule has 8 nitrogen and oxygen atoms in total. The first-order valence-corrected chi connectivity index (χ1v) is 9.01. The fourth-order valence-corrected chi connectivity index (χ4v) is 3.82. The molecule has 1 aliphatic carbocycles. The Bertz CT molecular complexity index is 759. The molecule has 0 bridgehead atoms. The number of phenolic OH excluding ortho intramolecular Hbond substituents is 2. The second kappa shape index (κ2) is 8.28. The number of phenols is 2. The highest BCUT2D eigenvalue weighted by atomic mass is 16.3. The number of aromatic hydroxyl groups is 2. The van der Waals surface area contributed by atoms with E-state index in [1.807, 2.05) is 0 Å². The highest BCUT2D eigenvalue weighted by Crippen LogP contribution is 2.48. The Balaban J connectivity index is 1.99. The van der Waals surface area contributed by atoms with Crippen molar-refractivity contribution in [2.45, 2.75) is 23.9 Å². The molecule has 1 saturated carbocycles. The summed E-state index contributed by atoms with van der Waals surface area (Å²) in [6.45, 7) is -0.304. The minimum atomic E-state index is -0.326. The van der Waals surface area contributed by atoms with E-state index < -0.39 is 0 Å². The number of nitrogens with two attached hydrogens (primary N) is 2. The van der Waals surface area contributed by atoms with Crippen LogP contribution in [0.15, 0.2) is 48.5 Å². The molecular weight excluding hydrogens is 360 g/mol. The van der Waals surface area contributed by atoms with Crippen LogP contribution in [0.1, 0.15) is 23.0 Å². The summed E-state index contributed by atoms with van der Waals surface area (Å²) in [5.41, 5.74) is 12.7. The first-order chi connectivity index (χ1) is 13.4. The first-order valence-electron chi connectivity index (χ1n) is 9.01. The van der Waals surface area contributed by atoms with Crippen molar-refractivity contribution in [2.24, 2.45) is 11.5 Å². The van der Waals surface area contributed by atoms with E-state index in [0.717, 1.165) is 11.1 Å². The number of nitrogens with one attached hydrogen (secondary N) is 2. The van der Waals surface area contributed by atoms with Crippen LogP contribution in [0.5, 0.6) is 11.5 Å². The molecule has 0 unspecified atom stereocenters. The van der Waals surface area contributed by atoms with Crippen LogP contribution in [0.2, 0.25) is 0 Å². The topological polar surface area (TPSA) is 151 Å². The van der Waals surface area contributed by atoms with Gasteiger partial charge >= 0.3 is 0 Å². The molecule has 0 spiro atoms. The monoisotopic (exact) mass is 384 g/mol. The number of rotatable bonds is 6. The van der Waals surface area contributed by atoms with E-state index in [2.05, 4.69) is 10.6 Å². The zero-order valence-electron chi connectivity index (χ0n) is 15.2. The minimum Gasteiger partial charge on any atom is -0.508 e. The van der Waals surface area contributed by atoms with Crippen LogP contribution in [0.25, 0.3) is 0 Å². The van der Waals surface area contributed by atoms with Crippen molar-refractivity contribution in [2.75, 3.05) is 13.1 Å². The van der Waals surface area contributed by atoms with Gasteiger partial charge in [-0.15, -0.1) is 0 Å². The lowest BCUT2D eigenvalue weighted by atomic mass is 9.60. The van der Waals surface area contributed by atoms with Crippen LogP contribution in [0.4, 0.5) is 0 Å². The van der Waals surface area contributed by atoms with Crippen molar-refractivity contribution in [1.29, 1.82) is 0 Å². The van der Waals surface area contributed by atoms with Gasteiger partial charge in [-0.3, -0.25) is 9.59 Å². The van der Waals surface area contributed by atoms with Crippen LogP contribution in [0.3, 0.4) is 0 Å². The number of carbonyl (C=O) groups is 2. The van der Waals surface area contributed by atoms with Crippen LogP contribution < -0.4 is 22.1 Å². The van der Waals surface area contributed by atoms with Crippen LogP contribution in [-0.4, -0.2) is 47.2 Å². The predicted molar refractivity (Wildman–Crippen MR) is 104 cm³/mol. The first kappa shape index (κ1) is 19.7. The molecule has 0 atom stereocenters. The molecule has 0 radical (unpaired) electrons. The standard InChI is InChI=1S/C20H24N4O4/c21-9-15(27)23-19-17(11-1-5-13(25)6-2-11)20(24-16(28)10-22)18(19)12-3-7-14(26)8-4-12/h1-8,17-20,25-26H,9-10,21-22H2,(H,23,27)(H,24,28). The number of carbonyl (C=O) groups excluding carboxylic acids is 2. The largest absolute Gasteiger partial charge is 0.508 e. The van der Waals surface area contributed by atoms with Gasteiger partial charge in [0.1, 0.15) is 11.5 Å². The molecule has 0 aliphatic heterocycles. The van der Waals surface area contributed by atoms with E-state index in [9.17, 15) is 19.8 Å². The summed E-state index contributed by atoms with van der Waals surface area (Å²) in [6.07, 6.45) is 0. The van der Waals surface area contributed by atoms with Gasteiger partial charge in [0.15, 0.2) is 0 Å². The minimum absolute atomic E-state index is 0.128. The molecule has 0 aromatic heterocycles. The SMILES string of the molecule is NCC(=O)NC1C(c2ccc(O)cc2)C(NC(=O)CN)C1c1ccc(O)cc1. The highest BCUT2D eigenvalue weighted by Gasteiger charge is 2.52. The lowest BCUT2D eigenvalue weighted by molar-refractivity contribution is -0.123. The zero-order valence-corrected chi connectivity index (χ0v) is 15.2. The molecule has 1 fully saturated rings. The maximum Gasteiger partial charge on any atom is 0.233 e. The van der Waals surface area contributed by atoms with Gasteiger partial charge < -0.3 is 32.3 Å². The number of hydrogen-bond donors (Lipinski definition) is 6. The number of benzene rings is 2. The molecule has 8 heteroatoms. The van der Waals surface area contributed by atoms with E-state index in [0.29, 0.717) is 0 Å². The quantitative estimate of drug-likeness (QED) is 0.408. The van der Waals surface area contributed by atoms with Crippen LogP contribution in [0, 0.1) is 0 Å². The van der Waals surface area contributed by atoms with Gasteiger partial charge in [-0.1, -0.05) is 24.3 Å². The van der Waals surface area contributed by atoms with Crippen molar-refractivity contribution in [1.82, 2.24) is 10.6 Å². The fourth-order valence-electron chi connectivity index (χ4n) is 3.82. The third kappa shape index (κ3) is 3.92. The van der Waals surface area contributed by atoms with E-state index in [-0.39, 0.29) is 60.3 Å². The summed E-state index contributed by atoms with van der Waals surface area (Å²) in [6, 6.07) is 12.6. The molecule has 0 saturated heterocycles. The van der Waals surface area contributed by atoms with Gasteiger partial charge in [0.2, 0.25) is 11.8 Å². The molecule has 8 N–H and O–H groups in total. The second-order valence-electron chi connectivity index (χ2n) is 6.83. The molecule has 2 aromatic carbocycles. The summed E-state index contributed by atoms with van der Waals surface area (Å²) < 4.78 is 0. The van der Waals surface area contributed by atoms with Crippen molar-refractivity contribution >= 4 is 11.8 Å². The van der Waals surface area contributed by atoms with Gasteiger partial charge in [0, 0.05) is 23.9 Å². The smallest absolute Gasteiger partial charge is 0.233 e. The summed E-state index contributed by atoms with van der Waals surface area (Å²) in [7, 11) is 0. The van der Waals surface area contributed by atoms with Gasteiger partial charge in [0.05, 0.1) is 13.1 Å². The molecule has 28 heavy (non-hydrogen) atoms. The summed E-state index contributed by atoms with van der Waals surface area (Å²) in [5.74, 6) is -0.815. The zero-order chi connectivity index (χ0) is 20.3. The lowest BCUT2D eigenvalue weighted by Crippen LogP contribution is -2.66. The summed E-state index contributed by atoms with van der Waals surface area (Å²) >= 11 is 0. The molecule has 3 rings (SSSR count). The number of hydrogen-bond acceptors (Lipinski definition) is 6.